The van der Waals surface area contributed by atoms with Gasteiger partial charge in [0.2, 0.25) is 34.8 Å². The summed E-state index contributed by atoms with van der Waals surface area (Å²) in [5, 5.41) is 0. The number of esters is 1. The first-order valence-electron chi connectivity index (χ1n) is 9.20. The number of halogens is 5. The maximum absolute atomic E-state index is 13.6. The van der Waals surface area contributed by atoms with Crippen LogP contribution >= 0.6 is 0 Å². The molecule has 4 atom stereocenters. The molecule has 1 aliphatic rings. The van der Waals surface area contributed by atoms with Gasteiger partial charge in [0.05, 0.1) is 12.5 Å². The molecule has 1 aliphatic carbocycles. The summed E-state index contributed by atoms with van der Waals surface area (Å²) in [7, 11) is 0. The van der Waals surface area contributed by atoms with Gasteiger partial charge >= 0.3 is 12.1 Å². The summed E-state index contributed by atoms with van der Waals surface area (Å²) in [5.74, 6) is -11.8. The van der Waals surface area contributed by atoms with Crippen LogP contribution in [0.5, 0.6) is 5.75 Å². The average molecular weight is 434 g/mol. The molecule has 1 aromatic carbocycles. The molecular formula is C20H19F5O5. The van der Waals surface area contributed by atoms with E-state index in [-0.39, 0.29) is 36.8 Å². The second-order valence-electron chi connectivity index (χ2n) is 6.62. The lowest BCUT2D eigenvalue weighted by Gasteiger charge is -2.13. The molecule has 2 rings (SSSR count). The molecule has 0 N–H and O–H groups in total. The van der Waals surface area contributed by atoms with Crippen molar-refractivity contribution >= 4 is 12.1 Å². The van der Waals surface area contributed by atoms with Crippen molar-refractivity contribution in [3.63, 3.8) is 0 Å². The first-order valence-corrected chi connectivity index (χ1v) is 9.20. The van der Waals surface area contributed by atoms with Crippen LogP contribution < -0.4 is 4.74 Å². The van der Waals surface area contributed by atoms with Gasteiger partial charge in [-0.15, -0.1) is 6.42 Å². The SMILES string of the molecule is C#C[C@@H](CC[C@@H]1[C@H](CC)[C@H]1C(=O)OCC)OC(=O)Oc1c(F)c(F)c(F)c(F)c1F. The Morgan fingerprint density at radius 3 is 2.07 bits per heavy atom. The van der Waals surface area contributed by atoms with Gasteiger partial charge in [-0.25, -0.2) is 18.0 Å². The lowest BCUT2D eigenvalue weighted by Crippen LogP contribution is -2.21. The summed E-state index contributed by atoms with van der Waals surface area (Å²) in [6.07, 6.45) is 3.57. The minimum absolute atomic E-state index is 0.0281. The molecular weight excluding hydrogens is 415 g/mol. The van der Waals surface area contributed by atoms with E-state index < -0.39 is 47.1 Å². The fourth-order valence-electron chi connectivity index (χ4n) is 3.40. The van der Waals surface area contributed by atoms with E-state index in [2.05, 4.69) is 10.7 Å². The van der Waals surface area contributed by atoms with Crippen molar-refractivity contribution in [3.05, 3.63) is 29.1 Å². The molecule has 0 spiro atoms. The Balaban J connectivity index is 1.97. The second-order valence-corrected chi connectivity index (χ2v) is 6.62. The van der Waals surface area contributed by atoms with Crippen molar-refractivity contribution in [2.45, 2.75) is 39.2 Å². The van der Waals surface area contributed by atoms with E-state index in [1.54, 1.807) is 6.92 Å². The third-order valence-electron chi connectivity index (χ3n) is 4.90. The summed E-state index contributed by atoms with van der Waals surface area (Å²) >= 11 is 0. The van der Waals surface area contributed by atoms with Crippen molar-refractivity contribution in [3.8, 4) is 18.1 Å². The van der Waals surface area contributed by atoms with Gasteiger partial charge in [0.15, 0.2) is 6.10 Å². The van der Waals surface area contributed by atoms with Crippen molar-refractivity contribution in [1.82, 2.24) is 0 Å². The number of hydrogen-bond acceptors (Lipinski definition) is 5. The van der Waals surface area contributed by atoms with Crippen molar-refractivity contribution in [2.75, 3.05) is 6.61 Å². The minimum atomic E-state index is -2.39. The van der Waals surface area contributed by atoms with Crippen LogP contribution in [-0.2, 0) is 14.3 Å². The summed E-state index contributed by atoms with van der Waals surface area (Å²) in [6, 6.07) is 0. The van der Waals surface area contributed by atoms with E-state index in [1.807, 2.05) is 6.92 Å². The minimum Gasteiger partial charge on any atom is -0.466 e. The van der Waals surface area contributed by atoms with Gasteiger partial charge in [0, 0.05) is 0 Å². The smallest absolute Gasteiger partial charge is 0.466 e. The van der Waals surface area contributed by atoms with Crippen molar-refractivity contribution in [2.24, 2.45) is 17.8 Å². The van der Waals surface area contributed by atoms with Crippen LogP contribution in [0, 0.1) is 59.2 Å². The fourth-order valence-corrected chi connectivity index (χ4v) is 3.40. The highest BCUT2D eigenvalue weighted by Crippen LogP contribution is 2.52. The normalized spacial score (nSPS) is 20.8. The molecule has 0 saturated heterocycles. The molecule has 0 unspecified atom stereocenters. The lowest BCUT2D eigenvalue weighted by molar-refractivity contribution is -0.145. The first-order chi connectivity index (χ1) is 14.2. The van der Waals surface area contributed by atoms with Crippen LogP contribution in [0.3, 0.4) is 0 Å². The maximum atomic E-state index is 13.6. The number of carbonyl (C=O) groups excluding carboxylic acids is 2. The third-order valence-corrected chi connectivity index (χ3v) is 4.90. The predicted octanol–water partition coefficient (Wildman–Crippen LogP) is 4.51. The largest absolute Gasteiger partial charge is 0.515 e. The monoisotopic (exact) mass is 434 g/mol. The Hall–Kier alpha value is -2.83. The summed E-state index contributed by atoms with van der Waals surface area (Å²) in [4.78, 5) is 23.6. The van der Waals surface area contributed by atoms with Crippen LogP contribution in [0.25, 0.3) is 0 Å². The zero-order valence-electron chi connectivity index (χ0n) is 16.1. The Morgan fingerprint density at radius 2 is 1.57 bits per heavy atom. The molecule has 1 aromatic rings. The highest BCUT2D eigenvalue weighted by Gasteiger charge is 2.53. The van der Waals surface area contributed by atoms with Gasteiger partial charge in [-0.1, -0.05) is 19.3 Å². The van der Waals surface area contributed by atoms with Gasteiger partial charge in [-0.2, -0.15) is 8.78 Å². The number of rotatable bonds is 8. The molecule has 1 fully saturated rings. The standard InChI is InChI=1S/C20H19F5O5/c1-4-9(7-8-11-10(5-2)12(11)19(26)28-6-3)29-20(27)30-18-16(24)14(22)13(21)15(23)17(18)25/h1,9-12H,5-8H2,2-3H3/t9-,10-,11+,12+/m0/s1. The van der Waals surface area contributed by atoms with E-state index in [1.165, 1.54) is 0 Å². The number of carbonyl (C=O) groups is 2. The van der Waals surface area contributed by atoms with Gasteiger partial charge in [-0.05, 0) is 31.6 Å². The lowest BCUT2D eigenvalue weighted by atomic mass is 10.1. The molecule has 164 valence electrons. The highest BCUT2D eigenvalue weighted by molar-refractivity contribution is 5.76. The summed E-state index contributed by atoms with van der Waals surface area (Å²) in [6.45, 7) is 3.85. The highest BCUT2D eigenvalue weighted by atomic mass is 19.2. The number of benzene rings is 1. The summed E-state index contributed by atoms with van der Waals surface area (Å²) < 4.78 is 80.4. The molecule has 0 aromatic heterocycles. The maximum Gasteiger partial charge on any atom is 0.515 e. The predicted molar refractivity (Wildman–Crippen MR) is 92.6 cm³/mol. The molecule has 0 radical (unpaired) electrons. The topological polar surface area (TPSA) is 61.8 Å². The zero-order chi connectivity index (χ0) is 22.6. The Bertz CT molecular complexity index is 837. The number of hydrogen-bond donors (Lipinski definition) is 0. The molecule has 30 heavy (non-hydrogen) atoms. The van der Waals surface area contributed by atoms with E-state index in [0.29, 0.717) is 6.42 Å². The third kappa shape index (κ3) is 4.83. The number of terminal acetylenes is 1. The van der Waals surface area contributed by atoms with E-state index in [0.717, 1.165) is 6.42 Å². The van der Waals surface area contributed by atoms with Crippen molar-refractivity contribution in [1.29, 1.82) is 0 Å². The Kier molecular flexibility index (Phi) is 7.65. The van der Waals surface area contributed by atoms with E-state index in [4.69, 9.17) is 15.9 Å². The van der Waals surface area contributed by atoms with Crippen LogP contribution in [0.1, 0.15) is 33.1 Å². The van der Waals surface area contributed by atoms with Crippen molar-refractivity contribution < 1.29 is 45.8 Å². The van der Waals surface area contributed by atoms with Crippen LogP contribution in [0.15, 0.2) is 0 Å². The van der Waals surface area contributed by atoms with Crippen LogP contribution in [0.4, 0.5) is 26.7 Å². The molecule has 1 saturated carbocycles. The molecule has 0 amide bonds. The Morgan fingerprint density at radius 1 is 1.00 bits per heavy atom. The Labute approximate surface area is 169 Å². The van der Waals surface area contributed by atoms with Gasteiger partial charge in [0.1, 0.15) is 0 Å². The van der Waals surface area contributed by atoms with Crippen LogP contribution in [0.2, 0.25) is 0 Å². The molecule has 0 bridgehead atoms. The second kappa shape index (κ2) is 9.78. The molecule has 0 heterocycles. The first kappa shape index (κ1) is 23.4. The molecule has 10 heteroatoms. The summed E-state index contributed by atoms with van der Waals surface area (Å²) in [5.41, 5.74) is 0. The number of ether oxygens (including phenoxy) is 3. The van der Waals surface area contributed by atoms with Gasteiger partial charge < -0.3 is 14.2 Å². The van der Waals surface area contributed by atoms with Gasteiger partial charge in [0.25, 0.3) is 0 Å². The van der Waals surface area contributed by atoms with Crippen LogP contribution in [-0.4, -0.2) is 24.8 Å². The van der Waals surface area contributed by atoms with E-state index in [9.17, 15) is 31.5 Å². The van der Waals surface area contributed by atoms with Gasteiger partial charge in [-0.3, -0.25) is 4.79 Å². The van der Waals surface area contributed by atoms with E-state index >= 15 is 0 Å². The molecule has 5 nitrogen and oxygen atoms in total. The quantitative estimate of drug-likeness (QED) is 0.150. The average Bonchev–Trinajstić information content (AvgIpc) is 3.44. The fraction of sp³-hybridized carbons (Fsp3) is 0.500. The molecule has 0 aliphatic heterocycles. The zero-order valence-corrected chi connectivity index (χ0v) is 16.1.